The Balaban J connectivity index is 2.26. The van der Waals surface area contributed by atoms with Crippen molar-refractivity contribution in [3.63, 3.8) is 0 Å². The standard InChI is InChI=1S/C16H21FN2O2/c1-10(2)6-14-16(21)18-8-15(20)19(14)9-12-7-13(17)5-4-11(12)3/h4-5,7,10,14H,6,8-9H2,1-3H3,(H,18,21). The highest BCUT2D eigenvalue weighted by Crippen LogP contribution is 2.20. The molecule has 1 heterocycles. The molecule has 1 aliphatic rings. The number of rotatable bonds is 4. The lowest BCUT2D eigenvalue weighted by Crippen LogP contribution is -2.58. The van der Waals surface area contributed by atoms with E-state index in [0.717, 1.165) is 11.1 Å². The van der Waals surface area contributed by atoms with Crippen molar-refractivity contribution < 1.29 is 14.0 Å². The van der Waals surface area contributed by atoms with Crippen molar-refractivity contribution in [2.24, 2.45) is 5.92 Å². The number of carbonyl (C=O) groups excluding carboxylic acids is 2. The highest BCUT2D eigenvalue weighted by molar-refractivity contribution is 5.94. The Labute approximate surface area is 124 Å². The van der Waals surface area contributed by atoms with Gasteiger partial charge in [0, 0.05) is 6.54 Å². The average molecular weight is 292 g/mol. The molecule has 1 aromatic rings. The quantitative estimate of drug-likeness (QED) is 0.923. The summed E-state index contributed by atoms with van der Waals surface area (Å²) in [6.45, 7) is 6.19. The molecule has 0 radical (unpaired) electrons. The maximum atomic E-state index is 13.4. The van der Waals surface area contributed by atoms with Crippen LogP contribution >= 0.6 is 0 Å². The molecule has 2 amide bonds. The fourth-order valence-corrected chi connectivity index (χ4v) is 2.57. The van der Waals surface area contributed by atoms with Crippen LogP contribution in [-0.4, -0.2) is 29.3 Å². The van der Waals surface area contributed by atoms with Crippen molar-refractivity contribution in [3.8, 4) is 0 Å². The fourth-order valence-electron chi connectivity index (χ4n) is 2.57. The summed E-state index contributed by atoms with van der Waals surface area (Å²) < 4.78 is 13.4. The van der Waals surface area contributed by atoms with Gasteiger partial charge >= 0.3 is 0 Å². The Morgan fingerprint density at radius 2 is 2.10 bits per heavy atom. The van der Waals surface area contributed by atoms with Crippen LogP contribution in [0.2, 0.25) is 0 Å². The molecule has 5 heteroatoms. The molecule has 1 aromatic carbocycles. The molecule has 0 bridgehead atoms. The minimum Gasteiger partial charge on any atom is -0.345 e. The van der Waals surface area contributed by atoms with E-state index in [4.69, 9.17) is 0 Å². The van der Waals surface area contributed by atoms with E-state index in [1.165, 1.54) is 12.1 Å². The zero-order valence-electron chi connectivity index (χ0n) is 12.6. The summed E-state index contributed by atoms with van der Waals surface area (Å²) in [5.41, 5.74) is 1.66. The van der Waals surface area contributed by atoms with Crippen molar-refractivity contribution in [2.45, 2.75) is 39.8 Å². The van der Waals surface area contributed by atoms with Crippen LogP contribution in [-0.2, 0) is 16.1 Å². The number of hydrogen-bond donors (Lipinski definition) is 1. The number of amides is 2. The lowest BCUT2D eigenvalue weighted by molar-refractivity contribution is -0.146. The Bertz CT molecular complexity index is 557. The van der Waals surface area contributed by atoms with Crippen molar-refractivity contribution in [3.05, 3.63) is 35.1 Å². The van der Waals surface area contributed by atoms with E-state index in [1.807, 2.05) is 20.8 Å². The molecule has 0 saturated carbocycles. The van der Waals surface area contributed by atoms with Gasteiger partial charge in [0.15, 0.2) is 0 Å². The molecule has 1 saturated heterocycles. The monoisotopic (exact) mass is 292 g/mol. The molecule has 2 rings (SSSR count). The Morgan fingerprint density at radius 1 is 1.38 bits per heavy atom. The van der Waals surface area contributed by atoms with Gasteiger partial charge in [-0.05, 0) is 42.5 Å². The first-order valence-electron chi connectivity index (χ1n) is 7.20. The summed E-state index contributed by atoms with van der Waals surface area (Å²) in [6, 6.07) is 4.04. The molecule has 1 unspecified atom stereocenters. The molecule has 114 valence electrons. The lowest BCUT2D eigenvalue weighted by atomic mass is 9.98. The zero-order valence-corrected chi connectivity index (χ0v) is 12.6. The summed E-state index contributed by atoms with van der Waals surface area (Å²) in [6.07, 6.45) is 0.603. The number of hydrogen-bond acceptors (Lipinski definition) is 2. The van der Waals surface area contributed by atoms with Crippen LogP contribution in [0, 0.1) is 18.7 Å². The third-order valence-electron chi connectivity index (χ3n) is 3.76. The number of nitrogens with one attached hydrogen (secondary N) is 1. The van der Waals surface area contributed by atoms with Gasteiger partial charge in [-0.2, -0.15) is 0 Å². The molecular formula is C16H21FN2O2. The van der Waals surface area contributed by atoms with Crippen LogP contribution in [0.1, 0.15) is 31.4 Å². The summed E-state index contributed by atoms with van der Waals surface area (Å²) >= 11 is 0. The molecule has 1 atom stereocenters. The maximum Gasteiger partial charge on any atom is 0.243 e. The minimum absolute atomic E-state index is 0.0157. The summed E-state index contributed by atoms with van der Waals surface area (Å²) in [5, 5.41) is 2.62. The molecule has 0 aliphatic carbocycles. The number of nitrogens with zero attached hydrogens (tertiary/aromatic N) is 1. The molecule has 0 spiro atoms. The number of aryl methyl sites for hydroxylation is 1. The first-order valence-corrected chi connectivity index (χ1v) is 7.20. The van der Waals surface area contributed by atoms with Gasteiger partial charge in [0.25, 0.3) is 0 Å². The summed E-state index contributed by atoms with van der Waals surface area (Å²) in [4.78, 5) is 25.8. The fraction of sp³-hybridized carbons (Fsp3) is 0.500. The van der Waals surface area contributed by atoms with Gasteiger partial charge in [0.05, 0.1) is 6.54 Å². The van der Waals surface area contributed by atoms with Crippen LogP contribution < -0.4 is 5.32 Å². The van der Waals surface area contributed by atoms with Gasteiger partial charge in [-0.1, -0.05) is 19.9 Å². The third-order valence-corrected chi connectivity index (χ3v) is 3.76. The van der Waals surface area contributed by atoms with Crippen LogP contribution in [0.15, 0.2) is 18.2 Å². The molecular weight excluding hydrogens is 271 g/mol. The highest BCUT2D eigenvalue weighted by atomic mass is 19.1. The van der Waals surface area contributed by atoms with Gasteiger partial charge in [0.1, 0.15) is 11.9 Å². The number of piperazine rings is 1. The second-order valence-electron chi connectivity index (χ2n) is 5.96. The van der Waals surface area contributed by atoms with Gasteiger partial charge in [-0.25, -0.2) is 4.39 Å². The number of benzene rings is 1. The summed E-state index contributed by atoms with van der Waals surface area (Å²) in [7, 11) is 0. The van der Waals surface area contributed by atoms with Crippen LogP contribution in [0.5, 0.6) is 0 Å². The second kappa shape index (κ2) is 6.24. The number of halogens is 1. The van der Waals surface area contributed by atoms with Crippen molar-refractivity contribution in [2.75, 3.05) is 6.54 Å². The highest BCUT2D eigenvalue weighted by Gasteiger charge is 2.34. The molecule has 1 N–H and O–H groups in total. The van der Waals surface area contributed by atoms with Gasteiger partial charge in [-0.3, -0.25) is 9.59 Å². The Morgan fingerprint density at radius 3 is 2.76 bits per heavy atom. The third kappa shape index (κ3) is 3.60. The first-order chi connectivity index (χ1) is 9.88. The van der Waals surface area contributed by atoms with Crippen LogP contribution in [0.4, 0.5) is 4.39 Å². The smallest absolute Gasteiger partial charge is 0.243 e. The average Bonchev–Trinajstić information content (AvgIpc) is 2.41. The van der Waals surface area contributed by atoms with E-state index in [0.29, 0.717) is 12.3 Å². The normalized spacial score (nSPS) is 19.1. The molecule has 1 aliphatic heterocycles. The molecule has 1 fully saturated rings. The predicted octanol–water partition coefficient (Wildman–Crippen LogP) is 2.01. The van der Waals surface area contributed by atoms with E-state index >= 15 is 0 Å². The predicted molar refractivity (Wildman–Crippen MR) is 77.9 cm³/mol. The van der Waals surface area contributed by atoms with Crippen LogP contribution in [0.3, 0.4) is 0 Å². The van der Waals surface area contributed by atoms with Crippen LogP contribution in [0.25, 0.3) is 0 Å². The maximum absolute atomic E-state index is 13.4. The minimum atomic E-state index is -0.478. The Hall–Kier alpha value is -1.91. The van der Waals surface area contributed by atoms with Crippen molar-refractivity contribution in [1.29, 1.82) is 0 Å². The lowest BCUT2D eigenvalue weighted by Gasteiger charge is -2.36. The number of carbonyl (C=O) groups is 2. The zero-order chi connectivity index (χ0) is 15.6. The second-order valence-corrected chi connectivity index (χ2v) is 5.96. The van der Waals surface area contributed by atoms with Crippen molar-refractivity contribution >= 4 is 11.8 Å². The van der Waals surface area contributed by atoms with Crippen molar-refractivity contribution in [1.82, 2.24) is 10.2 Å². The molecule has 4 nitrogen and oxygen atoms in total. The van der Waals surface area contributed by atoms with Gasteiger partial charge < -0.3 is 10.2 Å². The molecule has 0 aromatic heterocycles. The van der Waals surface area contributed by atoms with Gasteiger partial charge in [0.2, 0.25) is 11.8 Å². The summed E-state index contributed by atoms with van der Waals surface area (Å²) in [5.74, 6) is -0.283. The largest absolute Gasteiger partial charge is 0.345 e. The van der Waals surface area contributed by atoms with E-state index in [1.54, 1.807) is 11.0 Å². The van der Waals surface area contributed by atoms with E-state index < -0.39 is 6.04 Å². The Kier molecular flexibility index (Phi) is 4.60. The van der Waals surface area contributed by atoms with E-state index in [9.17, 15) is 14.0 Å². The van der Waals surface area contributed by atoms with Gasteiger partial charge in [-0.15, -0.1) is 0 Å². The topological polar surface area (TPSA) is 49.4 Å². The molecule has 21 heavy (non-hydrogen) atoms. The van der Waals surface area contributed by atoms with E-state index in [-0.39, 0.29) is 30.7 Å². The SMILES string of the molecule is Cc1ccc(F)cc1CN1C(=O)CNC(=O)C1CC(C)C. The van der Waals surface area contributed by atoms with E-state index in [2.05, 4.69) is 5.32 Å². The first kappa shape index (κ1) is 15.5.